The molecule has 0 bridgehead atoms. The molecule has 0 saturated carbocycles. The van der Waals surface area contributed by atoms with Crippen molar-refractivity contribution in [2.24, 2.45) is 5.92 Å². The Balaban J connectivity index is 2.58. The Bertz CT molecular complexity index is 441. The fourth-order valence-electron chi connectivity index (χ4n) is 2.27. The molecule has 0 heterocycles. The van der Waals surface area contributed by atoms with E-state index in [9.17, 15) is 4.79 Å². The Kier molecular flexibility index (Phi) is 6.56. The van der Waals surface area contributed by atoms with Crippen molar-refractivity contribution in [1.29, 1.82) is 0 Å². The van der Waals surface area contributed by atoms with Crippen LogP contribution in [0.5, 0.6) is 0 Å². The van der Waals surface area contributed by atoms with E-state index in [1.807, 2.05) is 32.2 Å². The third kappa shape index (κ3) is 5.24. The van der Waals surface area contributed by atoms with Crippen LogP contribution < -0.4 is 10.6 Å². The first-order valence-electron chi connectivity index (χ1n) is 7.53. The molecule has 20 heavy (non-hydrogen) atoms. The van der Waals surface area contributed by atoms with Crippen molar-refractivity contribution in [3.63, 3.8) is 0 Å². The summed E-state index contributed by atoms with van der Waals surface area (Å²) < 4.78 is 0. The average molecular weight is 276 g/mol. The van der Waals surface area contributed by atoms with E-state index in [2.05, 4.69) is 31.4 Å². The molecule has 3 heteroatoms. The largest absolute Gasteiger partial charge is 0.387 e. The summed E-state index contributed by atoms with van der Waals surface area (Å²) in [4.78, 5) is 12.3. The van der Waals surface area contributed by atoms with Gasteiger partial charge in [0, 0.05) is 18.8 Å². The number of carbonyl (C=O) groups excluding carboxylic acids is 1. The van der Waals surface area contributed by atoms with Gasteiger partial charge < -0.3 is 10.6 Å². The zero-order valence-corrected chi connectivity index (χ0v) is 13.4. The molecule has 0 aliphatic rings. The first-order valence-corrected chi connectivity index (χ1v) is 7.53. The Labute approximate surface area is 123 Å². The molecule has 0 radical (unpaired) electrons. The number of nitrogens with one attached hydrogen (secondary N) is 2. The van der Waals surface area contributed by atoms with E-state index in [-0.39, 0.29) is 11.9 Å². The van der Waals surface area contributed by atoms with Crippen LogP contribution in [0.1, 0.15) is 56.0 Å². The molecule has 1 rings (SSSR count). The number of carbonyl (C=O) groups is 1. The topological polar surface area (TPSA) is 41.1 Å². The van der Waals surface area contributed by atoms with Crippen molar-refractivity contribution in [1.82, 2.24) is 5.32 Å². The maximum absolute atomic E-state index is 12.3. The summed E-state index contributed by atoms with van der Waals surface area (Å²) >= 11 is 0. The Morgan fingerprint density at radius 2 is 1.90 bits per heavy atom. The summed E-state index contributed by atoms with van der Waals surface area (Å²) in [7, 11) is 1.84. The second-order valence-corrected chi connectivity index (χ2v) is 6.00. The van der Waals surface area contributed by atoms with Crippen molar-refractivity contribution >= 4 is 11.6 Å². The number of benzene rings is 1. The Hall–Kier alpha value is -1.51. The van der Waals surface area contributed by atoms with E-state index in [0.29, 0.717) is 5.56 Å². The highest BCUT2D eigenvalue weighted by Gasteiger charge is 2.13. The number of hydrogen-bond donors (Lipinski definition) is 2. The number of rotatable bonds is 7. The third-order valence-corrected chi connectivity index (χ3v) is 3.49. The van der Waals surface area contributed by atoms with Gasteiger partial charge in [0.05, 0.1) is 5.56 Å². The fraction of sp³-hybridized carbons (Fsp3) is 0.588. The molecule has 0 aliphatic carbocycles. The summed E-state index contributed by atoms with van der Waals surface area (Å²) in [6, 6.07) is 6.07. The number of aryl methyl sites for hydroxylation is 1. The van der Waals surface area contributed by atoms with Gasteiger partial charge in [-0.1, -0.05) is 32.8 Å². The summed E-state index contributed by atoms with van der Waals surface area (Å²) in [5, 5.41) is 6.17. The first-order chi connectivity index (χ1) is 9.43. The molecule has 2 N–H and O–H groups in total. The molecule has 0 saturated heterocycles. The van der Waals surface area contributed by atoms with E-state index < -0.39 is 0 Å². The van der Waals surface area contributed by atoms with Crippen LogP contribution in [-0.2, 0) is 0 Å². The molecular formula is C17H28N2O. The van der Waals surface area contributed by atoms with E-state index in [1.165, 1.54) is 6.42 Å². The fourth-order valence-corrected chi connectivity index (χ4v) is 2.27. The lowest BCUT2D eigenvalue weighted by Crippen LogP contribution is -2.33. The van der Waals surface area contributed by atoms with Gasteiger partial charge in [-0.2, -0.15) is 0 Å². The smallest absolute Gasteiger partial charge is 0.253 e. The van der Waals surface area contributed by atoms with Crippen molar-refractivity contribution in [3.05, 3.63) is 29.3 Å². The van der Waals surface area contributed by atoms with Gasteiger partial charge in [0.25, 0.3) is 5.91 Å². The van der Waals surface area contributed by atoms with Crippen LogP contribution in [0, 0.1) is 12.8 Å². The van der Waals surface area contributed by atoms with Gasteiger partial charge in [-0.05, 0) is 43.9 Å². The summed E-state index contributed by atoms with van der Waals surface area (Å²) in [5.41, 5.74) is 2.75. The van der Waals surface area contributed by atoms with Crippen LogP contribution >= 0.6 is 0 Å². The molecule has 112 valence electrons. The monoisotopic (exact) mass is 276 g/mol. The predicted octanol–water partition coefficient (Wildman–Crippen LogP) is 3.98. The van der Waals surface area contributed by atoms with Gasteiger partial charge in [-0.25, -0.2) is 0 Å². The molecule has 1 amide bonds. The average Bonchev–Trinajstić information content (AvgIpc) is 2.37. The predicted molar refractivity (Wildman–Crippen MR) is 86.3 cm³/mol. The maximum atomic E-state index is 12.3. The first kappa shape index (κ1) is 16.5. The normalized spacial score (nSPS) is 12.3. The number of anilines is 1. The van der Waals surface area contributed by atoms with Crippen LogP contribution in [0.4, 0.5) is 5.69 Å². The second-order valence-electron chi connectivity index (χ2n) is 6.00. The Morgan fingerprint density at radius 3 is 2.50 bits per heavy atom. The van der Waals surface area contributed by atoms with Gasteiger partial charge in [0.1, 0.15) is 0 Å². The van der Waals surface area contributed by atoms with Crippen molar-refractivity contribution in [3.8, 4) is 0 Å². The SMILES string of the molecule is CNc1cc(C)ccc1C(=O)NC(C)CCCC(C)C. The molecule has 1 aromatic carbocycles. The number of hydrogen-bond acceptors (Lipinski definition) is 2. The lowest BCUT2D eigenvalue weighted by Gasteiger charge is -2.16. The molecule has 1 aromatic rings. The molecule has 0 aromatic heterocycles. The van der Waals surface area contributed by atoms with Crippen molar-refractivity contribution < 1.29 is 4.79 Å². The molecule has 0 spiro atoms. The minimum atomic E-state index is 0.00592. The van der Waals surface area contributed by atoms with E-state index >= 15 is 0 Å². The van der Waals surface area contributed by atoms with Crippen LogP contribution in [0.3, 0.4) is 0 Å². The summed E-state index contributed by atoms with van der Waals surface area (Å²) in [6.07, 6.45) is 3.41. The molecular weight excluding hydrogens is 248 g/mol. The van der Waals surface area contributed by atoms with Crippen LogP contribution in [0.25, 0.3) is 0 Å². The Morgan fingerprint density at radius 1 is 1.20 bits per heavy atom. The van der Waals surface area contributed by atoms with E-state index in [0.717, 1.165) is 30.0 Å². The van der Waals surface area contributed by atoms with Gasteiger partial charge >= 0.3 is 0 Å². The summed E-state index contributed by atoms with van der Waals surface area (Å²) in [5.74, 6) is 0.734. The van der Waals surface area contributed by atoms with Gasteiger partial charge in [0.2, 0.25) is 0 Å². The van der Waals surface area contributed by atoms with Crippen molar-refractivity contribution in [2.75, 3.05) is 12.4 Å². The highest BCUT2D eigenvalue weighted by atomic mass is 16.1. The standard InChI is InChI=1S/C17H28N2O/c1-12(2)7-6-8-14(4)19-17(20)15-10-9-13(3)11-16(15)18-5/h9-12,14,18H,6-8H2,1-5H3,(H,19,20). The van der Waals surface area contributed by atoms with Gasteiger partial charge in [0.15, 0.2) is 0 Å². The molecule has 3 nitrogen and oxygen atoms in total. The zero-order chi connectivity index (χ0) is 15.1. The van der Waals surface area contributed by atoms with Crippen LogP contribution in [0.15, 0.2) is 18.2 Å². The van der Waals surface area contributed by atoms with Crippen LogP contribution in [0.2, 0.25) is 0 Å². The van der Waals surface area contributed by atoms with E-state index in [1.54, 1.807) is 0 Å². The minimum Gasteiger partial charge on any atom is -0.387 e. The highest BCUT2D eigenvalue weighted by molar-refractivity contribution is 5.99. The third-order valence-electron chi connectivity index (χ3n) is 3.49. The molecule has 1 atom stereocenters. The summed E-state index contributed by atoms with van der Waals surface area (Å²) in [6.45, 7) is 8.56. The van der Waals surface area contributed by atoms with Crippen molar-refractivity contribution in [2.45, 2.75) is 53.0 Å². The van der Waals surface area contributed by atoms with E-state index in [4.69, 9.17) is 0 Å². The quantitative estimate of drug-likeness (QED) is 0.791. The van der Waals surface area contributed by atoms with Crippen LogP contribution in [-0.4, -0.2) is 19.0 Å². The van der Waals surface area contributed by atoms with Gasteiger partial charge in [-0.15, -0.1) is 0 Å². The number of amides is 1. The van der Waals surface area contributed by atoms with Gasteiger partial charge in [-0.3, -0.25) is 4.79 Å². The lowest BCUT2D eigenvalue weighted by molar-refractivity contribution is 0.0938. The highest BCUT2D eigenvalue weighted by Crippen LogP contribution is 2.17. The maximum Gasteiger partial charge on any atom is 0.253 e. The second kappa shape index (κ2) is 7.93. The molecule has 1 unspecified atom stereocenters. The molecule has 0 fully saturated rings. The zero-order valence-electron chi connectivity index (χ0n) is 13.4. The minimum absolute atomic E-state index is 0.00592. The molecule has 0 aliphatic heterocycles. The lowest BCUT2D eigenvalue weighted by atomic mass is 10.0.